The maximum absolute atomic E-state index is 13.2. The summed E-state index contributed by atoms with van der Waals surface area (Å²) in [5.41, 5.74) is 1.29. The highest BCUT2D eigenvalue weighted by Gasteiger charge is 2.20. The lowest BCUT2D eigenvalue weighted by atomic mass is 10.2. The van der Waals surface area contributed by atoms with Gasteiger partial charge in [-0.25, -0.2) is 14.4 Å². The molecule has 0 saturated carbocycles. The molecule has 25 heavy (non-hydrogen) atoms. The second-order valence-electron chi connectivity index (χ2n) is 5.07. The minimum absolute atomic E-state index is 0.132. The van der Waals surface area contributed by atoms with Crippen molar-refractivity contribution in [1.82, 2.24) is 9.97 Å². The fourth-order valence-corrected chi connectivity index (χ4v) is 3.74. The molecule has 3 rings (SSSR count). The van der Waals surface area contributed by atoms with E-state index in [4.69, 9.17) is 11.6 Å². The second kappa shape index (κ2) is 7.51. The largest absolute Gasteiger partial charge is 0.320 e. The van der Waals surface area contributed by atoms with E-state index in [2.05, 4.69) is 15.3 Å². The van der Waals surface area contributed by atoms with Gasteiger partial charge >= 0.3 is 0 Å². The normalized spacial score (nSPS) is 10.7. The van der Waals surface area contributed by atoms with Crippen molar-refractivity contribution >= 4 is 46.3 Å². The molecule has 0 spiro atoms. The van der Waals surface area contributed by atoms with Gasteiger partial charge in [0.15, 0.2) is 5.82 Å². The van der Waals surface area contributed by atoms with Crippen molar-refractivity contribution in [3.8, 4) is 10.7 Å². The number of nitrogens with one attached hydrogen (secondary N) is 1. The number of thioether (sulfide) groups is 1. The molecule has 0 bridgehead atoms. The standard InChI is InChI=1S/C17H13ClFN3OS2/c1-9-14(16(23)21-12-6-5-10(19)8-11(12)18)17(24-2)22-15(20-9)13-4-3-7-25-13/h3-8H,1-2H3,(H,21,23). The van der Waals surface area contributed by atoms with Crippen molar-refractivity contribution in [1.29, 1.82) is 0 Å². The van der Waals surface area contributed by atoms with Crippen LogP contribution in [0.1, 0.15) is 16.1 Å². The lowest BCUT2D eigenvalue weighted by Gasteiger charge is -2.12. The van der Waals surface area contributed by atoms with E-state index in [9.17, 15) is 9.18 Å². The molecule has 8 heteroatoms. The van der Waals surface area contributed by atoms with Crippen LogP contribution in [0.15, 0.2) is 40.7 Å². The van der Waals surface area contributed by atoms with Crippen molar-refractivity contribution in [3.63, 3.8) is 0 Å². The number of carbonyl (C=O) groups excluding carboxylic acids is 1. The number of hydrogen-bond donors (Lipinski definition) is 1. The molecule has 0 unspecified atom stereocenters. The number of nitrogens with zero attached hydrogens (tertiary/aromatic N) is 2. The Morgan fingerprint density at radius 1 is 1.32 bits per heavy atom. The molecular formula is C17H13ClFN3OS2. The molecule has 128 valence electrons. The van der Waals surface area contributed by atoms with Gasteiger partial charge in [-0.15, -0.1) is 23.1 Å². The molecule has 0 aliphatic carbocycles. The van der Waals surface area contributed by atoms with E-state index in [1.165, 1.54) is 35.2 Å². The Balaban J connectivity index is 1.97. The summed E-state index contributed by atoms with van der Waals surface area (Å²) in [6.45, 7) is 1.76. The summed E-state index contributed by atoms with van der Waals surface area (Å²) in [6.07, 6.45) is 1.85. The van der Waals surface area contributed by atoms with Gasteiger partial charge in [0.05, 0.1) is 26.8 Å². The maximum Gasteiger partial charge on any atom is 0.260 e. The van der Waals surface area contributed by atoms with E-state index >= 15 is 0 Å². The first-order valence-corrected chi connectivity index (χ1v) is 9.70. The molecule has 0 radical (unpaired) electrons. The lowest BCUT2D eigenvalue weighted by Crippen LogP contribution is -2.17. The summed E-state index contributed by atoms with van der Waals surface area (Å²) in [4.78, 5) is 22.6. The van der Waals surface area contributed by atoms with Crippen molar-refractivity contribution < 1.29 is 9.18 Å². The zero-order valence-electron chi connectivity index (χ0n) is 13.3. The second-order valence-corrected chi connectivity index (χ2v) is 7.22. The van der Waals surface area contributed by atoms with Gasteiger partial charge in [0, 0.05) is 0 Å². The highest BCUT2D eigenvalue weighted by molar-refractivity contribution is 7.98. The van der Waals surface area contributed by atoms with Gasteiger partial charge < -0.3 is 5.32 Å². The van der Waals surface area contributed by atoms with Crippen LogP contribution in [0.4, 0.5) is 10.1 Å². The van der Waals surface area contributed by atoms with Gasteiger partial charge in [0.1, 0.15) is 10.8 Å². The molecule has 2 aromatic heterocycles. The minimum Gasteiger partial charge on any atom is -0.320 e. The Bertz CT molecular complexity index is 932. The fraction of sp³-hybridized carbons (Fsp3) is 0.118. The summed E-state index contributed by atoms with van der Waals surface area (Å²) in [6, 6.07) is 7.66. The SMILES string of the molecule is CSc1nc(-c2cccs2)nc(C)c1C(=O)Nc1ccc(F)cc1Cl. The Labute approximate surface area is 157 Å². The van der Waals surface area contributed by atoms with E-state index in [0.29, 0.717) is 27.8 Å². The monoisotopic (exact) mass is 393 g/mol. The van der Waals surface area contributed by atoms with E-state index in [1.54, 1.807) is 6.92 Å². The first-order valence-electron chi connectivity index (χ1n) is 7.22. The summed E-state index contributed by atoms with van der Waals surface area (Å²) in [7, 11) is 0. The summed E-state index contributed by atoms with van der Waals surface area (Å²) in [5.74, 6) is -0.256. The number of carbonyl (C=O) groups is 1. The van der Waals surface area contributed by atoms with Gasteiger partial charge in [0.2, 0.25) is 0 Å². The molecule has 1 amide bonds. The number of anilines is 1. The first kappa shape index (κ1) is 17.8. The number of aromatic nitrogens is 2. The minimum atomic E-state index is -0.465. The molecule has 0 fully saturated rings. The number of benzene rings is 1. The number of aryl methyl sites for hydroxylation is 1. The summed E-state index contributed by atoms with van der Waals surface area (Å²) in [5, 5.41) is 5.35. The molecule has 0 atom stereocenters. The Kier molecular flexibility index (Phi) is 5.36. The van der Waals surface area contributed by atoms with Crippen LogP contribution in [0, 0.1) is 12.7 Å². The van der Waals surface area contributed by atoms with Crippen molar-refractivity contribution in [2.45, 2.75) is 11.9 Å². The van der Waals surface area contributed by atoms with Gasteiger partial charge in [-0.2, -0.15) is 0 Å². The average Bonchev–Trinajstić information content (AvgIpc) is 3.11. The highest BCUT2D eigenvalue weighted by atomic mass is 35.5. The van der Waals surface area contributed by atoms with Crippen LogP contribution in [0.2, 0.25) is 5.02 Å². The van der Waals surface area contributed by atoms with Crippen LogP contribution in [0.5, 0.6) is 0 Å². The molecule has 0 saturated heterocycles. The molecule has 1 aromatic carbocycles. The van der Waals surface area contributed by atoms with Crippen LogP contribution in [0.25, 0.3) is 10.7 Å². The van der Waals surface area contributed by atoms with Crippen molar-refractivity contribution in [2.24, 2.45) is 0 Å². The van der Waals surface area contributed by atoms with Crippen LogP contribution in [-0.4, -0.2) is 22.1 Å². The predicted molar refractivity (Wildman–Crippen MR) is 101 cm³/mol. The molecule has 1 N–H and O–H groups in total. The summed E-state index contributed by atoms with van der Waals surface area (Å²) < 4.78 is 13.2. The third-order valence-electron chi connectivity index (χ3n) is 3.40. The van der Waals surface area contributed by atoms with E-state index in [0.717, 1.165) is 10.9 Å². The Morgan fingerprint density at radius 2 is 2.12 bits per heavy atom. The fourth-order valence-electron chi connectivity index (χ4n) is 2.25. The highest BCUT2D eigenvalue weighted by Crippen LogP contribution is 2.29. The zero-order valence-corrected chi connectivity index (χ0v) is 15.7. The smallest absolute Gasteiger partial charge is 0.260 e. The number of halogens is 2. The van der Waals surface area contributed by atoms with Crippen LogP contribution < -0.4 is 5.32 Å². The van der Waals surface area contributed by atoms with Crippen LogP contribution in [0.3, 0.4) is 0 Å². The van der Waals surface area contributed by atoms with Crippen molar-refractivity contribution in [3.05, 3.63) is 57.8 Å². The molecule has 0 aliphatic rings. The lowest BCUT2D eigenvalue weighted by molar-refractivity contribution is 0.102. The van der Waals surface area contributed by atoms with Gasteiger partial charge in [-0.1, -0.05) is 17.7 Å². The van der Waals surface area contributed by atoms with Gasteiger partial charge in [-0.05, 0) is 42.8 Å². The van der Waals surface area contributed by atoms with E-state index < -0.39 is 5.82 Å². The molecule has 4 nitrogen and oxygen atoms in total. The number of thiophene rings is 1. The topological polar surface area (TPSA) is 54.9 Å². The first-order chi connectivity index (χ1) is 12.0. The third kappa shape index (κ3) is 3.84. The molecule has 3 aromatic rings. The molecular weight excluding hydrogens is 381 g/mol. The zero-order chi connectivity index (χ0) is 18.0. The number of rotatable bonds is 4. The number of amides is 1. The molecule has 2 heterocycles. The Hall–Kier alpha value is -1.96. The maximum atomic E-state index is 13.2. The van der Waals surface area contributed by atoms with E-state index in [-0.39, 0.29) is 10.9 Å². The van der Waals surface area contributed by atoms with Crippen LogP contribution in [-0.2, 0) is 0 Å². The summed E-state index contributed by atoms with van der Waals surface area (Å²) >= 11 is 8.88. The van der Waals surface area contributed by atoms with Crippen LogP contribution >= 0.6 is 34.7 Å². The van der Waals surface area contributed by atoms with Gasteiger partial charge in [-0.3, -0.25) is 4.79 Å². The quantitative estimate of drug-likeness (QED) is 0.484. The van der Waals surface area contributed by atoms with E-state index in [1.807, 2.05) is 23.8 Å². The third-order valence-corrected chi connectivity index (χ3v) is 5.26. The average molecular weight is 394 g/mol. The number of hydrogen-bond acceptors (Lipinski definition) is 5. The Morgan fingerprint density at radius 3 is 2.76 bits per heavy atom. The predicted octanol–water partition coefficient (Wildman–Crippen LogP) is 5.28. The van der Waals surface area contributed by atoms with Gasteiger partial charge in [0.25, 0.3) is 5.91 Å². The van der Waals surface area contributed by atoms with Crippen molar-refractivity contribution in [2.75, 3.05) is 11.6 Å². The molecule has 0 aliphatic heterocycles.